The molecule has 25 heavy (non-hydrogen) atoms. The number of carbonyl (C=O) groups is 2. The average molecular weight is 379 g/mol. The van der Waals surface area contributed by atoms with E-state index in [-0.39, 0.29) is 21.8 Å². The molecule has 0 aliphatic heterocycles. The summed E-state index contributed by atoms with van der Waals surface area (Å²) < 4.78 is 5.25. The van der Waals surface area contributed by atoms with Crippen molar-refractivity contribution >= 4 is 35.0 Å². The van der Waals surface area contributed by atoms with Gasteiger partial charge in [-0.15, -0.1) is 0 Å². The van der Waals surface area contributed by atoms with E-state index in [9.17, 15) is 9.59 Å². The highest BCUT2D eigenvalue weighted by Crippen LogP contribution is 2.24. The third-order valence-electron chi connectivity index (χ3n) is 3.84. The third-order valence-corrected chi connectivity index (χ3v) is 4.58. The summed E-state index contributed by atoms with van der Waals surface area (Å²) >= 11 is 11.7. The number of Topliss-reactive ketones (excluding diaryl/α,β-unsaturated/α-hetero) is 1. The molecule has 132 valence electrons. The number of hydrogen-bond donors (Lipinski definition) is 0. The van der Waals surface area contributed by atoms with Crippen LogP contribution in [0.4, 0.5) is 0 Å². The van der Waals surface area contributed by atoms with Gasteiger partial charge in [-0.2, -0.15) is 0 Å². The van der Waals surface area contributed by atoms with Gasteiger partial charge in [-0.25, -0.2) is 4.79 Å². The van der Waals surface area contributed by atoms with E-state index in [1.807, 2.05) is 12.1 Å². The first-order valence-corrected chi connectivity index (χ1v) is 8.66. The predicted molar refractivity (Wildman–Crippen MR) is 101 cm³/mol. The van der Waals surface area contributed by atoms with Crippen LogP contribution in [0.3, 0.4) is 0 Å². The predicted octanol–water partition coefficient (Wildman–Crippen LogP) is 5.72. The number of rotatable bonds is 4. The molecule has 0 spiro atoms. The van der Waals surface area contributed by atoms with Crippen molar-refractivity contribution in [2.75, 3.05) is 0 Å². The van der Waals surface area contributed by atoms with E-state index in [4.69, 9.17) is 27.9 Å². The van der Waals surface area contributed by atoms with Crippen molar-refractivity contribution in [1.29, 1.82) is 0 Å². The first-order chi connectivity index (χ1) is 11.6. The largest absolute Gasteiger partial charge is 0.451 e. The van der Waals surface area contributed by atoms with Crippen LogP contribution in [0, 0.1) is 0 Å². The van der Waals surface area contributed by atoms with Gasteiger partial charge in [0.05, 0.1) is 15.6 Å². The van der Waals surface area contributed by atoms with Gasteiger partial charge in [0.25, 0.3) is 0 Å². The van der Waals surface area contributed by atoms with E-state index in [0.29, 0.717) is 10.6 Å². The Balaban J connectivity index is 2.09. The Morgan fingerprint density at radius 2 is 1.48 bits per heavy atom. The van der Waals surface area contributed by atoms with Crippen molar-refractivity contribution in [3.8, 4) is 0 Å². The summed E-state index contributed by atoms with van der Waals surface area (Å²) in [7, 11) is 0. The van der Waals surface area contributed by atoms with E-state index >= 15 is 0 Å². The minimum absolute atomic E-state index is 0.00745. The molecule has 0 unspecified atom stereocenters. The lowest BCUT2D eigenvalue weighted by Gasteiger charge is -2.19. The second kappa shape index (κ2) is 7.59. The smallest absolute Gasteiger partial charge is 0.338 e. The highest BCUT2D eigenvalue weighted by Gasteiger charge is 2.22. The molecule has 1 atom stereocenters. The Hall–Kier alpha value is -1.84. The molecule has 2 aromatic carbocycles. The van der Waals surface area contributed by atoms with Crippen LogP contribution in [0.1, 0.15) is 54.0 Å². The number of benzene rings is 2. The van der Waals surface area contributed by atoms with Crippen molar-refractivity contribution < 1.29 is 14.3 Å². The van der Waals surface area contributed by atoms with Gasteiger partial charge in [0.15, 0.2) is 6.10 Å². The standard InChI is InChI=1S/C20H20Cl2O3/c1-12(25-19(24)14-7-10-16(21)17(22)11-14)18(23)13-5-8-15(9-6-13)20(2,3)4/h5-12H,1-4H3/t12-/m0/s1. The maximum atomic E-state index is 12.5. The first-order valence-electron chi connectivity index (χ1n) is 7.90. The SMILES string of the molecule is C[C@H](OC(=O)c1ccc(Cl)c(Cl)c1)C(=O)c1ccc(C(C)(C)C)cc1. The normalized spacial score (nSPS) is 12.6. The molecule has 2 aromatic rings. The zero-order chi connectivity index (χ0) is 18.8. The maximum absolute atomic E-state index is 12.5. The summed E-state index contributed by atoms with van der Waals surface area (Å²) in [6.45, 7) is 7.86. The first kappa shape index (κ1) is 19.5. The van der Waals surface area contributed by atoms with Crippen LogP contribution in [0.2, 0.25) is 10.0 Å². The maximum Gasteiger partial charge on any atom is 0.338 e. The van der Waals surface area contributed by atoms with E-state index in [1.54, 1.807) is 19.1 Å². The van der Waals surface area contributed by atoms with E-state index < -0.39 is 12.1 Å². The number of carbonyl (C=O) groups excluding carboxylic acids is 2. The highest BCUT2D eigenvalue weighted by atomic mass is 35.5. The zero-order valence-corrected chi connectivity index (χ0v) is 16.1. The number of esters is 1. The van der Waals surface area contributed by atoms with Crippen LogP contribution >= 0.6 is 23.2 Å². The summed E-state index contributed by atoms with van der Waals surface area (Å²) in [5, 5.41) is 0.606. The van der Waals surface area contributed by atoms with Crippen LogP contribution < -0.4 is 0 Å². The van der Waals surface area contributed by atoms with Gasteiger partial charge >= 0.3 is 5.97 Å². The fourth-order valence-corrected chi connectivity index (χ4v) is 2.57. The molecule has 0 aromatic heterocycles. The lowest BCUT2D eigenvalue weighted by atomic mass is 9.86. The quantitative estimate of drug-likeness (QED) is 0.504. The fourth-order valence-electron chi connectivity index (χ4n) is 2.27. The Morgan fingerprint density at radius 3 is 2.00 bits per heavy atom. The Labute approximate surface area is 157 Å². The summed E-state index contributed by atoms with van der Waals surface area (Å²) in [4.78, 5) is 24.6. The van der Waals surface area contributed by atoms with Gasteiger partial charge in [-0.3, -0.25) is 4.79 Å². The lowest BCUT2D eigenvalue weighted by Crippen LogP contribution is -2.24. The monoisotopic (exact) mass is 378 g/mol. The van der Waals surface area contributed by atoms with E-state index in [2.05, 4.69) is 20.8 Å². The molecule has 2 rings (SSSR count). The summed E-state index contributed by atoms with van der Waals surface area (Å²) in [5.74, 6) is -0.875. The average Bonchev–Trinajstić information content (AvgIpc) is 2.55. The van der Waals surface area contributed by atoms with Crippen molar-refractivity contribution in [1.82, 2.24) is 0 Å². The van der Waals surface area contributed by atoms with Crippen molar-refractivity contribution in [3.63, 3.8) is 0 Å². The molecular weight excluding hydrogens is 359 g/mol. The molecule has 3 nitrogen and oxygen atoms in total. The van der Waals surface area contributed by atoms with Gasteiger partial charge in [-0.05, 0) is 36.1 Å². The molecule has 0 aliphatic rings. The Bertz CT molecular complexity index is 790. The van der Waals surface area contributed by atoms with Crippen LogP contribution in [-0.2, 0) is 10.2 Å². The number of hydrogen-bond acceptors (Lipinski definition) is 3. The topological polar surface area (TPSA) is 43.4 Å². The van der Waals surface area contributed by atoms with Crippen molar-refractivity contribution in [2.45, 2.75) is 39.2 Å². The zero-order valence-electron chi connectivity index (χ0n) is 14.6. The summed E-state index contributed by atoms with van der Waals surface area (Å²) in [5.41, 5.74) is 1.89. The van der Waals surface area contributed by atoms with Gasteiger partial charge in [0.1, 0.15) is 0 Å². The molecule has 0 saturated carbocycles. The molecule has 0 radical (unpaired) electrons. The molecule has 0 saturated heterocycles. The molecular formula is C20H20Cl2O3. The fraction of sp³-hybridized carbons (Fsp3) is 0.300. The second-order valence-corrected chi connectivity index (χ2v) is 7.68. The van der Waals surface area contributed by atoms with Crippen LogP contribution in [0.15, 0.2) is 42.5 Å². The van der Waals surface area contributed by atoms with Crippen LogP contribution in [0.5, 0.6) is 0 Å². The summed E-state index contributed by atoms with van der Waals surface area (Å²) in [6.07, 6.45) is -0.901. The van der Waals surface area contributed by atoms with Crippen LogP contribution in [-0.4, -0.2) is 17.9 Å². The second-order valence-electron chi connectivity index (χ2n) is 6.87. The molecule has 0 bridgehead atoms. The Kier molecular flexibility index (Phi) is 5.91. The molecule has 0 fully saturated rings. The molecule has 5 heteroatoms. The van der Waals surface area contributed by atoms with Crippen molar-refractivity contribution in [3.05, 3.63) is 69.2 Å². The Morgan fingerprint density at radius 1 is 0.920 bits per heavy atom. The van der Waals surface area contributed by atoms with Crippen LogP contribution in [0.25, 0.3) is 0 Å². The summed E-state index contributed by atoms with van der Waals surface area (Å²) in [6, 6.07) is 11.8. The minimum atomic E-state index is -0.901. The van der Waals surface area contributed by atoms with Crippen molar-refractivity contribution in [2.24, 2.45) is 0 Å². The van der Waals surface area contributed by atoms with E-state index in [0.717, 1.165) is 5.56 Å². The highest BCUT2D eigenvalue weighted by molar-refractivity contribution is 6.42. The van der Waals surface area contributed by atoms with Gasteiger partial charge in [0.2, 0.25) is 5.78 Å². The number of ether oxygens (including phenoxy) is 1. The third kappa shape index (κ3) is 4.83. The van der Waals surface area contributed by atoms with Gasteiger partial charge in [0, 0.05) is 5.56 Å². The lowest BCUT2D eigenvalue weighted by molar-refractivity contribution is 0.0319. The number of halogens is 2. The molecule has 0 aliphatic carbocycles. The van der Waals surface area contributed by atoms with Gasteiger partial charge in [-0.1, -0.05) is 68.2 Å². The minimum Gasteiger partial charge on any atom is -0.451 e. The van der Waals surface area contributed by atoms with E-state index in [1.165, 1.54) is 18.2 Å². The van der Waals surface area contributed by atoms with Gasteiger partial charge < -0.3 is 4.74 Å². The molecule has 0 heterocycles. The number of ketones is 1. The molecule has 0 amide bonds. The molecule has 0 N–H and O–H groups in total.